The summed E-state index contributed by atoms with van der Waals surface area (Å²) in [4.78, 5) is 12.1. The van der Waals surface area contributed by atoms with Gasteiger partial charge in [0.05, 0.1) is 0 Å². The molecule has 3 rings (SSSR count). The molecule has 3 aliphatic carbocycles. The van der Waals surface area contributed by atoms with Crippen molar-refractivity contribution in [1.82, 2.24) is 0 Å². The summed E-state index contributed by atoms with van der Waals surface area (Å²) in [7, 11) is 1.60. The van der Waals surface area contributed by atoms with Gasteiger partial charge in [-0.25, -0.2) is 0 Å². The van der Waals surface area contributed by atoms with Crippen molar-refractivity contribution in [2.24, 2.45) is 5.92 Å². The number of hydrogen-bond donors (Lipinski definition) is 0. The van der Waals surface area contributed by atoms with Crippen LogP contribution in [0.5, 0.6) is 0 Å². The van der Waals surface area contributed by atoms with Crippen LogP contribution in [0.2, 0.25) is 0 Å². The van der Waals surface area contributed by atoms with Crippen LogP contribution in [0, 0.1) is 5.92 Å². The standard InChI is InChI=1S/C14H22O3/c1-3-4-5-8-12-11-7-6-9-14(12,13(11)15)17-10-16-2/h8,11H,3-7,9-10H2,1-2H3/b12-8-/t11-,14+/m0/s1. The molecule has 0 amide bonds. The average Bonchev–Trinajstić information content (AvgIpc) is 2.37. The summed E-state index contributed by atoms with van der Waals surface area (Å²) < 4.78 is 10.7. The van der Waals surface area contributed by atoms with Crippen LogP contribution in [0.1, 0.15) is 45.4 Å². The molecular formula is C14H22O3. The first kappa shape index (κ1) is 12.8. The Morgan fingerprint density at radius 1 is 1.53 bits per heavy atom. The predicted octanol–water partition coefficient (Wildman–Crippen LogP) is 2.85. The third-order valence-corrected chi connectivity index (χ3v) is 3.92. The van der Waals surface area contributed by atoms with Crippen molar-refractivity contribution in [2.45, 2.75) is 51.0 Å². The molecule has 3 aliphatic rings. The lowest BCUT2D eigenvalue weighted by molar-refractivity contribution is -0.181. The summed E-state index contributed by atoms with van der Waals surface area (Å²) in [6.07, 6.45) is 8.61. The van der Waals surface area contributed by atoms with Gasteiger partial charge in [0.1, 0.15) is 6.79 Å². The maximum Gasteiger partial charge on any atom is 0.176 e. The molecule has 0 aromatic heterocycles. The fourth-order valence-corrected chi connectivity index (χ4v) is 3.03. The van der Waals surface area contributed by atoms with Crippen molar-refractivity contribution >= 4 is 5.78 Å². The molecule has 0 aliphatic heterocycles. The monoisotopic (exact) mass is 238 g/mol. The molecule has 0 radical (unpaired) electrons. The van der Waals surface area contributed by atoms with E-state index in [1.165, 1.54) is 18.4 Å². The number of rotatable bonds is 6. The molecule has 0 N–H and O–H groups in total. The molecule has 0 spiro atoms. The van der Waals surface area contributed by atoms with Crippen molar-refractivity contribution < 1.29 is 14.3 Å². The lowest BCUT2D eigenvalue weighted by Crippen LogP contribution is -2.62. The van der Waals surface area contributed by atoms with Crippen LogP contribution in [0.3, 0.4) is 0 Å². The van der Waals surface area contributed by atoms with Gasteiger partial charge in [0.2, 0.25) is 0 Å². The minimum atomic E-state index is -0.604. The first-order chi connectivity index (χ1) is 8.26. The van der Waals surface area contributed by atoms with Crippen molar-refractivity contribution in [1.29, 1.82) is 0 Å². The molecule has 3 saturated carbocycles. The average molecular weight is 238 g/mol. The van der Waals surface area contributed by atoms with Crippen molar-refractivity contribution in [2.75, 3.05) is 13.9 Å². The Morgan fingerprint density at radius 3 is 3.00 bits per heavy atom. The molecule has 96 valence electrons. The van der Waals surface area contributed by atoms with E-state index in [9.17, 15) is 4.79 Å². The summed E-state index contributed by atoms with van der Waals surface area (Å²) in [5.41, 5.74) is 0.631. The zero-order valence-electron chi connectivity index (χ0n) is 10.8. The molecule has 17 heavy (non-hydrogen) atoms. The number of carbonyl (C=O) groups is 1. The molecule has 0 heterocycles. The molecule has 3 heteroatoms. The van der Waals surface area contributed by atoms with Gasteiger partial charge in [0.25, 0.3) is 0 Å². The lowest BCUT2D eigenvalue weighted by Gasteiger charge is -2.52. The number of methoxy groups -OCH3 is 1. The Bertz CT molecular complexity index is 321. The van der Waals surface area contributed by atoms with E-state index in [0.717, 1.165) is 25.7 Å². The zero-order valence-corrected chi connectivity index (χ0v) is 10.8. The SMILES string of the molecule is CCCC/C=C1/[C@@H]2CCC[C@]1(OCOC)C2=O. The lowest BCUT2D eigenvalue weighted by atomic mass is 9.56. The molecule has 0 saturated heterocycles. The third kappa shape index (κ3) is 2.06. The zero-order chi connectivity index (χ0) is 12.3. The smallest absolute Gasteiger partial charge is 0.176 e. The molecular weight excluding hydrogens is 216 g/mol. The first-order valence-corrected chi connectivity index (χ1v) is 6.64. The van der Waals surface area contributed by atoms with Crippen LogP contribution in [0.15, 0.2) is 11.6 Å². The second-order valence-electron chi connectivity index (χ2n) is 4.99. The van der Waals surface area contributed by atoms with Crippen LogP contribution in [-0.4, -0.2) is 25.3 Å². The van der Waals surface area contributed by atoms with Gasteiger partial charge in [-0.15, -0.1) is 0 Å². The van der Waals surface area contributed by atoms with Gasteiger partial charge in [-0.05, 0) is 31.3 Å². The van der Waals surface area contributed by atoms with Gasteiger partial charge in [-0.2, -0.15) is 0 Å². The Balaban J connectivity index is 2.08. The van der Waals surface area contributed by atoms with Gasteiger partial charge in [0, 0.05) is 13.0 Å². The molecule has 2 bridgehead atoms. The normalized spacial score (nSPS) is 33.9. The van der Waals surface area contributed by atoms with Crippen molar-refractivity contribution in [3.05, 3.63) is 11.6 Å². The van der Waals surface area contributed by atoms with Crippen LogP contribution >= 0.6 is 0 Å². The number of fused-ring (bicyclic) bond motifs is 2. The van der Waals surface area contributed by atoms with Crippen molar-refractivity contribution in [3.8, 4) is 0 Å². The topological polar surface area (TPSA) is 35.5 Å². The van der Waals surface area contributed by atoms with E-state index < -0.39 is 5.60 Å². The largest absolute Gasteiger partial charge is 0.359 e. The van der Waals surface area contributed by atoms with E-state index in [1.54, 1.807) is 7.11 Å². The van der Waals surface area contributed by atoms with E-state index in [2.05, 4.69) is 13.0 Å². The molecule has 3 nitrogen and oxygen atoms in total. The minimum absolute atomic E-state index is 0.150. The van der Waals surface area contributed by atoms with Gasteiger partial charge in [-0.1, -0.05) is 25.8 Å². The van der Waals surface area contributed by atoms with Gasteiger partial charge in [0.15, 0.2) is 11.4 Å². The van der Waals surface area contributed by atoms with E-state index in [0.29, 0.717) is 0 Å². The Labute approximate surface area is 103 Å². The van der Waals surface area contributed by atoms with Crippen LogP contribution in [0.4, 0.5) is 0 Å². The maximum absolute atomic E-state index is 12.1. The quantitative estimate of drug-likeness (QED) is 0.405. The number of hydrogen-bond acceptors (Lipinski definition) is 3. The second-order valence-corrected chi connectivity index (χ2v) is 4.99. The second kappa shape index (κ2) is 5.32. The number of Topliss-reactive ketones (excluding diaryl/α,β-unsaturated/α-hetero) is 1. The number of carbonyl (C=O) groups excluding carboxylic acids is 1. The highest BCUT2D eigenvalue weighted by atomic mass is 16.7. The summed E-state index contributed by atoms with van der Waals surface area (Å²) in [6.45, 7) is 2.39. The number of ether oxygens (including phenoxy) is 2. The Hall–Kier alpha value is -0.670. The summed E-state index contributed by atoms with van der Waals surface area (Å²) in [5.74, 6) is 0.431. The molecule has 3 fully saturated rings. The van der Waals surface area contributed by atoms with E-state index in [4.69, 9.17) is 9.47 Å². The van der Waals surface area contributed by atoms with Crippen LogP contribution in [-0.2, 0) is 14.3 Å². The maximum atomic E-state index is 12.1. The fourth-order valence-electron chi connectivity index (χ4n) is 3.03. The summed E-state index contributed by atoms with van der Waals surface area (Å²) >= 11 is 0. The van der Waals surface area contributed by atoms with Gasteiger partial charge < -0.3 is 9.47 Å². The molecule has 2 atom stereocenters. The van der Waals surface area contributed by atoms with E-state index >= 15 is 0 Å². The first-order valence-electron chi connectivity index (χ1n) is 6.64. The summed E-state index contributed by atoms with van der Waals surface area (Å²) in [5, 5.41) is 0. The minimum Gasteiger partial charge on any atom is -0.359 e. The molecule has 0 aromatic rings. The highest BCUT2D eigenvalue weighted by molar-refractivity contribution is 6.04. The number of ketones is 1. The highest BCUT2D eigenvalue weighted by Gasteiger charge is 2.60. The number of allylic oxidation sites excluding steroid dienone is 1. The highest BCUT2D eigenvalue weighted by Crippen LogP contribution is 2.52. The Kier molecular flexibility index (Phi) is 4.00. The third-order valence-electron chi connectivity index (χ3n) is 3.92. The van der Waals surface area contributed by atoms with Crippen molar-refractivity contribution in [3.63, 3.8) is 0 Å². The molecule has 0 unspecified atom stereocenters. The van der Waals surface area contributed by atoms with Crippen LogP contribution in [0.25, 0.3) is 0 Å². The molecule has 0 aromatic carbocycles. The summed E-state index contributed by atoms with van der Waals surface area (Å²) in [6, 6.07) is 0. The number of unbranched alkanes of at least 4 members (excludes halogenated alkanes) is 2. The van der Waals surface area contributed by atoms with E-state index in [-0.39, 0.29) is 18.5 Å². The predicted molar refractivity (Wildman–Crippen MR) is 65.6 cm³/mol. The van der Waals surface area contributed by atoms with Gasteiger partial charge >= 0.3 is 0 Å². The fraction of sp³-hybridized carbons (Fsp3) is 0.786. The van der Waals surface area contributed by atoms with Crippen LogP contribution < -0.4 is 0 Å². The van der Waals surface area contributed by atoms with E-state index in [1.807, 2.05) is 0 Å². The Morgan fingerprint density at radius 2 is 2.35 bits per heavy atom. The van der Waals surface area contributed by atoms with Gasteiger partial charge in [-0.3, -0.25) is 4.79 Å².